The maximum atomic E-state index is 9.15. The predicted octanol–water partition coefficient (Wildman–Crippen LogP) is 4.57. The number of nitrogens with zero attached hydrogens (tertiary/aromatic N) is 2. The Hall–Kier alpha value is -2.89. The van der Waals surface area contributed by atoms with Gasteiger partial charge in [0.15, 0.2) is 5.76 Å². The van der Waals surface area contributed by atoms with Crippen LogP contribution in [0.25, 0.3) is 22.4 Å². The molecule has 1 atom stereocenters. The number of aliphatic hydroxyl groups is 1. The first-order valence-corrected chi connectivity index (χ1v) is 9.64. The van der Waals surface area contributed by atoms with Crippen LogP contribution in [0, 0.1) is 0 Å². The first kappa shape index (κ1) is 17.2. The van der Waals surface area contributed by atoms with E-state index in [1.165, 1.54) is 5.56 Å². The van der Waals surface area contributed by atoms with Crippen molar-refractivity contribution in [1.29, 1.82) is 0 Å². The second-order valence-corrected chi connectivity index (χ2v) is 7.37. The Morgan fingerprint density at radius 3 is 2.79 bits per heavy atom. The van der Waals surface area contributed by atoms with Crippen molar-refractivity contribution in [1.82, 2.24) is 9.88 Å². The number of benzene rings is 1. The molecule has 0 radical (unpaired) electrons. The number of aromatic nitrogens is 1. The van der Waals surface area contributed by atoms with E-state index in [9.17, 15) is 0 Å². The summed E-state index contributed by atoms with van der Waals surface area (Å²) in [5.41, 5.74) is 3.06. The highest BCUT2D eigenvalue weighted by Gasteiger charge is 2.25. The van der Waals surface area contributed by atoms with E-state index in [0.29, 0.717) is 11.7 Å². The molecule has 0 saturated carbocycles. The van der Waals surface area contributed by atoms with E-state index in [0.717, 1.165) is 54.2 Å². The van der Waals surface area contributed by atoms with Crippen LogP contribution in [0.3, 0.4) is 0 Å². The molecule has 0 amide bonds. The highest BCUT2D eigenvalue weighted by atomic mass is 16.4. The molecule has 0 aliphatic carbocycles. The summed E-state index contributed by atoms with van der Waals surface area (Å²) in [6, 6.07) is 18.1. The number of rotatable bonds is 5. The predicted molar refractivity (Wildman–Crippen MR) is 107 cm³/mol. The van der Waals surface area contributed by atoms with Crippen molar-refractivity contribution in [3.8, 4) is 11.5 Å². The quantitative estimate of drug-likeness (QED) is 0.554. The summed E-state index contributed by atoms with van der Waals surface area (Å²) < 4.78 is 11.6. The lowest BCUT2D eigenvalue weighted by atomic mass is 9.98. The minimum absolute atomic E-state index is 0.0514. The summed E-state index contributed by atoms with van der Waals surface area (Å²) in [5, 5.41) is 10.2. The number of fused-ring (bicyclic) bond motifs is 1. The maximum absolute atomic E-state index is 9.15. The van der Waals surface area contributed by atoms with E-state index < -0.39 is 0 Å². The lowest BCUT2D eigenvalue weighted by Gasteiger charge is -2.15. The smallest absolute Gasteiger partial charge is 0.153 e. The van der Waals surface area contributed by atoms with Gasteiger partial charge in [0.25, 0.3) is 0 Å². The third-order valence-electron chi connectivity index (χ3n) is 5.46. The van der Waals surface area contributed by atoms with Crippen LogP contribution in [0.1, 0.15) is 29.4 Å². The topological polar surface area (TPSA) is 62.6 Å². The van der Waals surface area contributed by atoms with Gasteiger partial charge in [0.2, 0.25) is 0 Å². The van der Waals surface area contributed by atoms with Crippen LogP contribution in [0.15, 0.2) is 69.6 Å². The van der Waals surface area contributed by atoms with E-state index in [4.69, 9.17) is 13.9 Å². The van der Waals surface area contributed by atoms with Crippen LogP contribution in [0.4, 0.5) is 0 Å². The molecule has 4 heterocycles. The molecule has 5 rings (SSSR count). The molecule has 1 aliphatic rings. The Bertz CT molecular complexity index is 1060. The van der Waals surface area contributed by atoms with Crippen molar-refractivity contribution in [2.45, 2.75) is 25.5 Å². The summed E-state index contributed by atoms with van der Waals surface area (Å²) in [4.78, 5) is 6.92. The standard InChI is InChI=1S/C23H22N2O3/c26-15-20-6-5-19(27-20)14-25-10-8-18(13-25)16-7-9-24-21(11-16)23-12-17-3-1-2-4-22(17)28-23/h1-7,9,11-12,18,26H,8,10,13-15H2. The number of hydrogen-bond donors (Lipinski definition) is 1. The number of aliphatic hydroxyl groups excluding tert-OH is 1. The number of pyridine rings is 1. The van der Waals surface area contributed by atoms with Gasteiger partial charge in [0.1, 0.15) is 29.4 Å². The Morgan fingerprint density at radius 1 is 1.04 bits per heavy atom. The van der Waals surface area contributed by atoms with Crippen molar-refractivity contribution >= 4 is 11.0 Å². The molecule has 142 valence electrons. The van der Waals surface area contributed by atoms with Gasteiger partial charge in [0.05, 0.1) is 6.54 Å². The number of likely N-dealkylation sites (tertiary alicyclic amines) is 1. The zero-order valence-electron chi connectivity index (χ0n) is 15.5. The van der Waals surface area contributed by atoms with Gasteiger partial charge < -0.3 is 13.9 Å². The lowest BCUT2D eigenvalue weighted by molar-refractivity contribution is 0.232. The van der Waals surface area contributed by atoms with Gasteiger partial charge in [-0.3, -0.25) is 9.88 Å². The second-order valence-electron chi connectivity index (χ2n) is 7.37. The molecule has 1 unspecified atom stereocenters. The summed E-state index contributed by atoms with van der Waals surface area (Å²) in [5.74, 6) is 2.81. The molecule has 1 fully saturated rings. The highest BCUT2D eigenvalue weighted by molar-refractivity contribution is 5.82. The molecule has 5 nitrogen and oxygen atoms in total. The first-order chi connectivity index (χ1) is 13.8. The van der Waals surface area contributed by atoms with Crippen molar-refractivity contribution in [2.75, 3.05) is 13.1 Å². The van der Waals surface area contributed by atoms with Gasteiger partial charge in [-0.15, -0.1) is 0 Å². The largest absolute Gasteiger partial charge is 0.462 e. The van der Waals surface area contributed by atoms with E-state index in [2.05, 4.69) is 34.1 Å². The van der Waals surface area contributed by atoms with E-state index >= 15 is 0 Å². The van der Waals surface area contributed by atoms with Gasteiger partial charge in [-0.2, -0.15) is 0 Å². The fourth-order valence-corrected chi connectivity index (χ4v) is 4.00. The van der Waals surface area contributed by atoms with Gasteiger partial charge in [-0.25, -0.2) is 0 Å². The third kappa shape index (κ3) is 3.35. The summed E-state index contributed by atoms with van der Waals surface area (Å²) >= 11 is 0. The molecule has 5 heteroatoms. The fourth-order valence-electron chi connectivity index (χ4n) is 4.00. The number of para-hydroxylation sites is 1. The Kier molecular flexibility index (Phi) is 4.47. The molecule has 4 aromatic rings. The monoisotopic (exact) mass is 374 g/mol. The normalized spacial score (nSPS) is 17.5. The molecular formula is C23H22N2O3. The van der Waals surface area contributed by atoms with Crippen molar-refractivity contribution in [3.63, 3.8) is 0 Å². The average Bonchev–Trinajstić information content (AvgIpc) is 3.47. The van der Waals surface area contributed by atoms with Gasteiger partial charge in [-0.05, 0) is 60.8 Å². The zero-order valence-corrected chi connectivity index (χ0v) is 15.5. The lowest BCUT2D eigenvalue weighted by Crippen LogP contribution is -2.19. The molecule has 1 N–H and O–H groups in total. The third-order valence-corrected chi connectivity index (χ3v) is 5.46. The van der Waals surface area contributed by atoms with E-state index in [1.54, 1.807) is 0 Å². The van der Waals surface area contributed by atoms with Crippen LogP contribution in [0.5, 0.6) is 0 Å². The SMILES string of the molecule is OCc1ccc(CN2CCC(c3ccnc(-c4cc5ccccc5o4)c3)C2)o1. The molecule has 3 aromatic heterocycles. The van der Waals surface area contributed by atoms with Crippen LogP contribution >= 0.6 is 0 Å². The zero-order chi connectivity index (χ0) is 18.9. The van der Waals surface area contributed by atoms with Crippen LogP contribution in [-0.2, 0) is 13.2 Å². The van der Waals surface area contributed by atoms with E-state index in [1.807, 2.05) is 36.5 Å². The maximum Gasteiger partial charge on any atom is 0.153 e. The first-order valence-electron chi connectivity index (χ1n) is 9.64. The molecule has 28 heavy (non-hydrogen) atoms. The highest BCUT2D eigenvalue weighted by Crippen LogP contribution is 2.32. The Morgan fingerprint density at radius 2 is 1.93 bits per heavy atom. The van der Waals surface area contributed by atoms with Crippen LogP contribution < -0.4 is 0 Å². The molecule has 1 aliphatic heterocycles. The fraction of sp³-hybridized carbons (Fsp3) is 0.261. The summed E-state index contributed by atoms with van der Waals surface area (Å²) in [7, 11) is 0. The molecule has 0 spiro atoms. The summed E-state index contributed by atoms with van der Waals surface area (Å²) in [6.07, 6.45) is 2.98. The van der Waals surface area contributed by atoms with Crippen molar-refractivity contribution in [3.05, 3.63) is 77.9 Å². The van der Waals surface area contributed by atoms with Crippen LogP contribution in [0.2, 0.25) is 0 Å². The Labute approximate surface area is 163 Å². The summed E-state index contributed by atoms with van der Waals surface area (Å²) in [6.45, 7) is 2.74. The van der Waals surface area contributed by atoms with Gasteiger partial charge >= 0.3 is 0 Å². The number of hydrogen-bond acceptors (Lipinski definition) is 5. The molecule has 1 saturated heterocycles. The second kappa shape index (κ2) is 7.26. The number of furan rings is 2. The molecule has 1 aromatic carbocycles. The molecular weight excluding hydrogens is 352 g/mol. The Balaban J connectivity index is 1.32. The minimum Gasteiger partial charge on any atom is -0.462 e. The van der Waals surface area contributed by atoms with Gasteiger partial charge in [-0.1, -0.05) is 18.2 Å². The van der Waals surface area contributed by atoms with Crippen molar-refractivity contribution < 1.29 is 13.9 Å². The minimum atomic E-state index is -0.0514. The average molecular weight is 374 g/mol. The van der Waals surface area contributed by atoms with Gasteiger partial charge in [0, 0.05) is 18.1 Å². The van der Waals surface area contributed by atoms with E-state index in [-0.39, 0.29) is 6.61 Å². The van der Waals surface area contributed by atoms with Crippen LogP contribution in [-0.4, -0.2) is 28.1 Å². The molecule has 0 bridgehead atoms. The van der Waals surface area contributed by atoms with Crippen molar-refractivity contribution in [2.24, 2.45) is 0 Å².